The molecule has 10 nitrogen and oxygen atoms in total. The topological polar surface area (TPSA) is 120 Å². The molecule has 0 aromatic carbocycles. The van der Waals surface area contributed by atoms with Gasteiger partial charge in [0.1, 0.15) is 21.4 Å². The summed E-state index contributed by atoms with van der Waals surface area (Å²) in [5, 5.41) is 5.58. The Morgan fingerprint density at radius 1 is 1.15 bits per heavy atom. The molecule has 2 aromatic heterocycles. The van der Waals surface area contributed by atoms with Crippen molar-refractivity contribution in [1.29, 1.82) is 0 Å². The van der Waals surface area contributed by atoms with Crippen molar-refractivity contribution >= 4 is 52.2 Å². The van der Waals surface area contributed by atoms with Crippen molar-refractivity contribution in [2.75, 3.05) is 31.5 Å². The Kier molecular flexibility index (Phi) is 9.31. The standard InChI is InChI=1S/C27H28ClF2N7O3S/c1-16(26-33-15-22(41-26)25(40)35-23-13-19(27(3,29)30)20(28)14-32-23)34-24(39)21-12-18(6-4-5-7-31-21)37-10-8-36(9-11-37)17(2)38/h4,7,12-16H,6,8-11H2,1-3H3,(H,34,39)(H,32,35,40)/b18-12+,31-21+. The van der Waals surface area contributed by atoms with Gasteiger partial charge in [0, 0.05) is 63.9 Å². The van der Waals surface area contributed by atoms with Gasteiger partial charge in [0.25, 0.3) is 17.7 Å². The summed E-state index contributed by atoms with van der Waals surface area (Å²) in [4.78, 5) is 54.0. The number of anilines is 1. The molecule has 2 aliphatic heterocycles. The fourth-order valence-corrected chi connectivity index (χ4v) is 5.26. The third kappa shape index (κ3) is 7.63. The maximum Gasteiger partial charge on any atom is 0.272 e. The third-order valence-corrected chi connectivity index (χ3v) is 7.89. The summed E-state index contributed by atoms with van der Waals surface area (Å²) in [6, 6.07) is 0.465. The summed E-state index contributed by atoms with van der Waals surface area (Å²) in [6.07, 6.45) is 7.94. The van der Waals surface area contributed by atoms with Gasteiger partial charge in [-0.25, -0.2) is 23.7 Å². The first-order chi connectivity index (χ1) is 19.4. The number of carbonyl (C=O) groups excluding carboxylic acids is 3. The van der Waals surface area contributed by atoms with Gasteiger partial charge in [-0.05, 0) is 25.1 Å². The lowest BCUT2D eigenvalue weighted by Gasteiger charge is -2.37. The van der Waals surface area contributed by atoms with Gasteiger partial charge in [-0.3, -0.25) is 14.4 Å². The molecular formula is C27H28ClF2N7O3S. The number of aromatic nitrogens is 2. The minimum absolute atomic E-state index is 0.0366. The van der Waals surface area contributed by atoms with Gasteiger partial charge in [0.15, 0.2) is 0 Å². The first-order valence-corrected chi connectivity index (χ1v) is 13.9. The number of amides is 3. The number of piperazine rings is 1. The molecule has 0 aliphatic carbocycles. The van der Waals surface area contributed by atoms with E-state index >= 15 is 0 Å². The third-order valence-electron chi connectivity index (χ3n) is 6.41. The fourth-order valence-electron chi connectivity index (χ4n) is 4.18. The Labute approximate surface area is 244 Å². The van der Waals surface area contributed by atoms with E-state index in [1.54, 1.807) is 24.8 Å². The van der Waals surface area contributed by atoms with Crippen LogP contribution in [0.4, 0.5) is 14.6 Å². The average Bonchev–Trinajstić information content (AvgIpc) is 3.40. The van der Waals surface area contributed by atoms with Crippen molar-refractivity contribution in [2.45, 2.75) is 39.2 Å². The largest absolute Gasteiger partial charge is 0.371 e. The number of halogens is 3. The fraction of sp³-hybridized carbons (Fsp3) is 0.370. The van der Waals surface area contributed by atoms with Crippen LogP contribution in [0.1, 0.15) is 53.5 Å². The molecule has 1 fully saturated rings. The van der Waals surface area contributed by atoms with Crippen molar-refractivity contribution in [1.82, 2.24) is 25.1 Å². The second kappa shape index (κ2) is 12.7. The van der Waals surface area contributed by atoms with Crippen molar-refractivity contribution in [3.63, 3.8) is 0 Å². The van der Waals surface area contributed by atoms with E-state index in [2.05, 4.69) is 36.2 Å². The SMILES string of the molecule is CC(=O)N1CCN(/C2=C/C(C(=O)NC(C)c3ncc(C(=O)Nc4cc(C(C)(F)F)c(Cl)cn4)s3)=N\C=C=CC2)CC1. The molecule has 2 aromatic rings. The lowest BCUT2D eigenvalue weighted by Crippen LogP contribution is -2.47. The van der Waals surface area contributed by atoms with E-state index in [4.69, 9.17) is 11.6 Å². The Bertz CT molecular complexity index is 1470. The molecule has 1 atom stereocenters. The highest BCUT2D eigenvalue weighted by molar-refractivity contribution is 7.13. The van der Waals surface area contributed by atoms with Crippen LogP contribution in [-0.2, 0) is 15.5 Å². The molecule has 41 heavy (non-hydrogen) atoms. The van der Waals surface area contributed by atoms with Gasteiger partial charge in [-0.2, -0.15) is 0 Å². The van der Waals surface area contributed by atoms with Crippen LogP contribution in [0, 0.1) is 0 Å². The van der Waals surface area contributed by atoms with Crippen LogP contribution < -0.4 is 10.6 Å². The van der Waals surface area contributed by atoms with Crippen molar-refractivity contribution in [3.8, 4) is 0 Å². The Hall–Kier alpha value is -3.93. The van der Waals surface area contributed by atoms with Gasteiger partial charge in [0.05, 0.1) is 23.5 Å². The highest BCUT2D eigenvalue weighted by Crippen LogP contribution is 2.33. The number of thiazole rings is 1. The van der Waals surface area contributed by atoms with E-state index in [9.17, 15) is 23.2 Å². The molecule has 0 bridgehead atoms. The van der Waals surface area contributed by atoms with Crippen LogP contribution in [0.2, 0.25) is 5.02 Å². The molecule has 0 spiro atoms. The predicted octanol–water partition coefficient (Wildman–Crippen LogP) is 4.29. The highest BCUT2D eigenvalue weighted by Gasteiger charge is 2.28. The summed E-state index contributed by atoms with van der Waals surface area (Å²) in [6.45, 7) is 6.46. The summed E-state index contributed by atoms with van der Waals surface area (Å²) in [5.74, 6) is -4.28. The molecule has 14 heteroatoms. The number of hydrogen-bond donors (Lipinski definition) is 2. The number of aliphatic imine (C=N–C) groups is 1. The zero-order valence-electron chi connectivity index (χ0n) is 22.6. The monoisotopic (exact) mass is 603 g/mol. The summed E-state index contributed by atoms with van der Waals surface area (Å²) >= 11 is 6.86. The number of carbonyl (C=O) groups is 3. The number of hydrogen-bond acceptors (Lipinski definition) is 8. The highest BCUT2D eigenvalue weighted by atomic mass is 35.5. The number of allylic oxidation sites excluding steroid dienone is 1. The van der Waals surface area contributed by atoms with Crippen LogP contribution in [0.15, 0.2) is 53.2 Å². The van der Waals surface area contributed by atoms with Crippen molar-refractivity contribution in [3.05, 3.63) is 68.7 Å². The molecule has 3 amide bonds. The van der Waals surface area contributed by atoms with Crippen LogP contribution in [0.5, 0.6) is 0 Å². The predicted molar refractivity (Wildman–Crippen MR) is 152 cm³/mol. The molecule has 2 N–H and O–H groups in total. The minimum Gasteiger partial charge on any atom is -0.371 e. The number of nitrogens with zero attached hydrogens (tertiary/aromatic N) is 5. The van der Waals surface area contributed by atoms with E-state index in [1.165, 1.54) is 12.4 Å². The van der Waals surface area contributed by atoms with E-state index in [1.807, 2.05) is 6.08 Å². The van der Waals surface area contributed by atoms with Gasteiger partial charge in [0.2, 0.25) is 5.91 Å². The van der Waals surface area contributed by atoms with Crippen LogP contribution >= 0.6 is 22.9 Å². The van der Waals surface area contributed by atoms with E-state index in [0.717, 1.165) is 29.3 Å². The second-order valence-electron chi connectivity index (χ2n) is 9.50. The maximum absolute atomic E-state index is 13.8. The summed E-state index contributed by atoms with van der Waals surface area (Å²) in [5.41, 5.74) is 3.57. The molecule has 4 heterocycles. The van der Waals surface area contributed by atoms with Gasteiger partial charge >= 0.3 is 0 Å². The quantitative estimate of drug-likeness (QED) is 0.456. The van der Waals surface area contributed by atoms with Crippen molar-refractivity contribution in [2.24, 2.45) is 4.99 Å². The Morgan fingerprint density at radius 2 is 1.88 bits per heavy atom. The van der Waals surface area contributed by atoms with E-state index in [-0.39, 0.29) is 27.3 Å². The molecular weight excluding hydrogens is 576 g/mol. The number of rotatable bonds is 7. The normalized spacial score (nSPS) is 18.9. The smallest absolute Gasteiger partial charge is 0.272 e. The van der Waals surface area contributed by atoms with E-state index in [0.29, 0.717) is 44.5 Å². The molecule has 2 aliphatic rings. The number of pyridine rings is 1. The zero-order chi connectivity index (χ0) is 29.7. The lowest BCUT2D eigenvalue weighted by molar-refractivity contribution is -0.130. The minimum atomic E-state index is -3.21. The second-order valence-corrected chi connectivity index (χ2v) is 11.0. The van der Waals surface area contributed by atoms with Crippen LogP contribution in [0.25, 0.3) is 0 Å². The Balaban J connectivity index is 1.41. The lowest BCUT2D eigenvalue weighted by atomic mass is 10.1. The van der Waals surface area contributed by atoms with E-state index < -0.39 is 29.3 Å². The number of nitrogens with one attached hydrogen (secondary N) is 2. The molecule has 0 radical (unpaired) electrons. The average molecular weight is 604 g/mol. The maximum atomic E-state index is 13.8. The zero-order valence-corrected chi connectivity index (χ0v) is 24.2. The van der Waals surface area contributed by atoms with Gasteiger partial charge in [-0.1, -0.05) is 11.6 Å². The molecule has 0 saturated carbocycles. The van der Waals surface area contributed by atoms with Gasteiger partial charge < -0.3 is 20.4 Å². The first-order valence-electron chi connectivity index (χ1n) is 12.7. The summed E-state index contributed by atoms with van der Waals surface area (Å²) in [7, 11) is 0. The first kappa shape index (κ1) is 30.0. The molecule has 1 saturated heterocycles. The molecule has 1 unspecified atom stereocenters. The summed E-state index contributed by atoms with van der Waals surface area (Å²) < 4.78 is 27.6. The van der Waals surface area contributed by atoms with Crippen LogP contribution in [-0.4, -0.2) is 69.4 Å². The van der Waals surface area contributed by atoms with Crippen LogP contribution in [0.3, 0.4) is 0 Å². The Morgan fingerprint density at radius 3 is 2.56 bits per heavy atom. The number of alkyl halides is 2. The molecule has 4 rings (SSSR count). The van der Waals surface area contributed by atoms with Crippen molar-refractivity contribution < 1.29 is 23.2 Å². The molecule has 216 valence electrons. The van der Waals surface area contributed by atoms with Gasteiger partial charge in [-0.15, -0.1) is 17.1 Å².